The fraction of sp³-hybridized carbons (Fsp3) is 0.289. The van der Waals surface area contributed by atoms with Gasteiger partial charge in [0.15, 0.2) is 0 Å². The molecule has 0 aromatic heterocycles. The minimum absolute atomic E-state index is 0.00466. The molecule has 1 atom stereocenters. The molecule has 20 heteroatoms. The van der Waals surface area contributed by atoms with Crippen LogP contribution in [0, 0.1) is 23.4 Å². The number of rotatable bonds is 11. The van der Waals surface area contributed by atoms with E-state index in [1.165, 1.54) is 29.2 Å². The van der Waals surface area contributed by atoms with Crippen molar-refractivity contribution in [3.8, 4) is 5.75 Å². The van der Waals surface area contributed by atoms with E-state index >= 15 is 4.39 Å². The number of nitrogens with one attached hydrogen (secondary N) is 1. The zero-order valence-electron chi connectivity index (χ0n) is 29.1. The molecule has 2 N–H and O–H groups in total. The summed E-state index contributed by atoms with van der Waals surface area (Å²) in [5.41, 5.74) is -9.46. The van der Waals surface area contributed by atoms with Gasteiger partial charge in [-0.1, -0.05) is 18.2 Å². The molecule has 5 rings (SSSR count). The first-order valence-electron chi connectivity index (χ1n) is 16.7. The summed E-state index contributed by atoms with van der Waals surface area (Å²) >= 11 is 0. The molecule has 2 amide bonds. The molecule has 1 aliphatic rings. The molecule has 4 aromatic rings. The van der Waals surface area contributed by atoms with Gasteiger partial charge in [0, 0.05) is 36.7 Å². The molecule has 0 spiro atoms. The number of carboxylic acid groups (broad SMARTS) is 1. The highest BCUT2D eigenvalue weighted by atomic mass is 19.4. The van der Waals surface area contributed by atoms with Crippen molar-refractivity contribution in [2.45, 2.75) is 49.7 Å². The number of aliphatic carboxylic acids is 1. The predicted molar refractivity (Wildman–Crippen MR) is 175 cm³/mol. The number of alkyl halides is 10. The zero-order chi connectivity index (χ0) is 43.0. The summed E-state index contributed by atoms with van der Waals surface area (Å²) in [6.45, 7) is 0.125. The van der Waals surface area contributed by atoms with Crippen molar-refractivity contribution in [2.24, 2.45) is 5.92 Å². The molecule has 4 aromatic carbocycles. The standard InChI is InChI=1S/C38H27F13N2O5/c39-25-14-24(15-26(17-25)58-38(50,51)34(42)43)35(23-6-8-30(41)28(16-23)37(47,48)49,52-31(54)22-5-7-29(40)27(13-22)36(44,45)46)18-19-1-3-20(4-2-19)32(55)53-11-9-21(10-12-53)33(56)57/h1-8,13-17,21,34H,9-12,18H2,(H,52,54)(H,56,57)/t35-/m1/s1. The van der Waals surface area contributed by atoms with Crippen LogP contribution in [0.15, 0.2) is 78.9 Å². The van der Waals surface area contributed by atoms with Crippen LogP contribution in [0.4, 0.5) is 57.1 Å². The second-order valence-corrected chi connectivity index (χ2v) is 13.2. The molecule has 1 saturated heterocycles. The lowest BCUT2D eigenvalue weighted by molar-refractivity contribution is -0.253. The maximum Gasteiger partial charge on any atom is 0.461 e. The Morgan fingerprint density at radius 2 is 1.28 bits per heavy atom. The van der Waals surface area contributed by atoms with Gasteiger partial charge in [-0.15, -0.1) is 0 Å². The van der Waals surface area contributed by atoms with Gasteiger partial charge in [0.25, 0.3) is 11.8 Å². The number of hydrogen-bond donors (Lipinski definition) is 2. The highest BCUT2D eigenvalue weighted by Crippen LogP contribution is 2.41. The van der Waals surface area contributed by atoms with Crippen molar-refractivity contribution in [2.75, 3.05) is 13.1 Å². The maximum absolute atomic E-state index is 15.3. The minimum atomic E-state index is -5.47. The van der Waals surface area contributed by atoms with Crippen LogP contribution in [0.25, 0.3) is 0 Å². The summed E-state index contributed by atoms with van der Waals surface area (Å²) < 4.78 is 186. The van der Waals surface area contributed by atoms with Gasteiger partial charge < -0.3 is 20.1 Å². The van der Waals surface area contributed by atoms with E-state index in [-0.39, 0.29) is 67.4 Å². The minimum Gasteiger partial charge on any atom is -0.481 e. The molecule has 1 heterocycles. The van der Waals surface area contributed by atoms with E-state index in [0.717, 1.165) is 0 Å². The Morgan fingerprint density at radius 1 is 0.724 bits per heavy atom. The van der Waals surface area contributed by atoms with Crippen LogP contribution in [0.5, 0.6) is 5.75 Å². The van der Waals surface area contributed by atoms with Crippen molar-refractivity contribution in [1.82, 2.24) is 10.2 Å². The summed E-state index contributed by atoms with van der Waals surface area (Å²) in [6.07, 6.45) is -21.3. The van der Waals surface area contributed by atoms with Crippen molar-refractivity contribution in [3.05, 3.63) is 135 Å². The molecule has 310 valence electrons. The SMILES string of the molecule is O=C(N[C@@](Cc1ccc(C(=O)N2CCC(C(=O)O)CC2)cc1)(c1cc(F)cc(OC(F)(F)C(F)F)c1)c1ccc(F)c(C(F)(F)F)c1)c1ccc(F)c(C(F)(F)F)c1. The largest absolute Gasteiger partial charge is 0.481 e. The van der Waals surface area contributed by atoms with Gasteiger partial charge in [-0.3, -0.25) is 14.4 Å². The van der Waals surface area contributed by atoms with E-state index in [2.05, 4.69) is 10.1 Å². The summed E-state index contributed by atoms with van der Waals surface area (Å²) in [4.78, 5) is 39.8. The van der Waals surface area contributed by atoms with Crippen LogP contribution in [0.3, 0.4) is 0 Å². The Kier molecular flexibility index (Phi) is 12.1. The summed E-state index contributed by atoms with van der Waals surface area (Å²) in [5, 5.41) is 11.4. The van der Waals surface area contributed by atoms with Crippen molar-refractivity contribution in [1.29, 1.82) is 0 Å². The van der Waals surface area contributed by atoms with Gasteiger partial charge in [0.2, 0.25) is 0 Å². The molecule has 0 unspecified atom stereocenters. The number of amides is 2. The van der Waals surface area contributed by atoms with Crippen LogP contribution >= 0.6 is 0 Å². The van der Waals surface area contributed by atoms with Gasteiger partial charge in [0.05, 0.1) is 22.6 Å². The number of benzene rings is 4. The van der Waals surface area contributed by atoms with Crippen LogP contribution < -0.4 is 10.1 Å². The Balaban J connectivity index is 1.71. The van der Waals surface area contributed by atoms with Gasteiger partial charge in [-0.2, -0.15) is 43.9 Å². The number of likely N-dealkylation sites (tertiary alicyclic amines) is 1. The van der Waals surface area contributed by atoms with E-state index in [1.807, 2.05) is 0 Å². The lowest BCUT2D eigenvalue weighted by Crippen LogP contribution is -2.49. The fourth-order valence-electron chi connectivity index (χ4n) is 6.37. The summed E-state index contributed by atoms with van der Waals surface area (Å²) in [5.74, 6) is -10.6. The molecular weight excluding hydrogens is 811 g/mol. The maximum atomic E-state index is 15.3. The zero-order valence-corrected chi connectivity index (χ0v) is 29.1. The van der Waals surface area contributed by atoms with E-state index in [9.17, 15) is 72.2 Å². The predicted octanol–water partition coefficient (Wildman–Crippen LogP) is 9.23. The number of carboxylic acids is 1. The first-order chi connectivity index (χ1) is 26.9. The third-order valence-corrected chi connectivity index (χ3v) is 9.30. The Morgan fingerprint density at radius 3 is 1.83 bits per heavy atom. The highest BCUT2D eigenvalue weighted by Gasteiger charge is 2.46. The number of ether oxygens (including phenoxy) is 1. The number of nitrogens with zero attached hydrogens (tertiary/aromatic N) is 1. The van der Waals surface area contributed by atoms with Crippen molar-refractivity contribution >= 4 is 17.8 Å². The first kappa shape index (κ1) is 43.3. The van der Waals surface area contributed by atoms with Crippen LogP contribution in [0.2, 0.25) is 0 Å². The van der Waals surface area contributed by atoms with Crippen LogP contribution in [-0.2, 0) is 29.1 Å². The second kappa shape index (κ2) is 16.2. The monoisotopic (exact) mass is 838 g/mol. The van der Waals surface area contributed by atoms with Crippen molar-refractivity contribution in [3.63, 3.8) is 0 Å². The van der Waals surface area contributed by atoms with Gasteiger partial charge >= 0.3 is 30.9 Å². The van der Waals surface area contributed by atoms with Gasteiger partial charge in [-0.25, -0.2) is 13.2 Å². The Hall–Kier alpha value is -5.82. The molecule has 0 saturated carbocycles. The fourth-order valence-corrected chi connectivity index (χ4v) is 6.37. The molecule has 1 fully saturated rings. The van der Waals surface area contributed by atoms with Crippen LogP contribution in [-0.4, -0.2) is 53.4 Å². The molecule has 0 aliphatic carbocycles. The summed E-state index contributed by atoms with van der Waals surface area (Å²) in [7, 11) is 0. The average Bonchev–Trinajstić information content (AvgIpc) is 3.13. The molecule has 1 aliphatic heterocycles. The normalized spacial score (nSPS) is 15.2. The highest BCUT2D eigenvalue weighted by molar-refractivity contribution is 5.96. The number of hydrogen-bond acceptors (Lipinski definition) is 4. The van der Waals surface area contributed by atoms with E-state index in [1.54, 1.807) is 0 Å². The topological polar surface area (TPSA) is 95.9 Å². The smallest absolute Gasteiger partial charge is 0.461 e. The Labute approximate surface area is 319 Å². The lowest BCUT2D eigenvalue weighted by Gasteiger charge is -2.37. The second-order valence-electron chi connectivity index (χ2n) is 13.2. The first-order valence-corrected chi connectivity index (χ1v) is 16.7. The third-order valence-electron chi connectivity index (χ3n) is 9.30. The molecule has 0 bridgehead atoms. The average molecular weight is 839 g/mol. The van der Waals surface area contributed by atoms with Gasteiger partial charge in [-0.05, 0) is 84.1 Å². The van der Waals surface area contributed by atoms with E-state index < -0.39 is 112 Å². The Bertz CT molecular complexity index is 2180. The molecular formula is C38H27F13N2O5. The third kappa shape index (κ3) is 9.47. The lowest BCUT2D eigenvalue weighted by atomic mass is 9.76. The number of carbonyl (C=O) groups excluding carboxylic acids is 2. The number of piperidine rings is 1. The molecule has 7 nitrogen and oxygen atoms in total. The quantitative estimate of drug-likeness (QED) is 0.147. The van der Waals surface area contributed by atoms with Crippen LogP contribution in [0.1, 0.15) is 61.4 Å². The van der Waals surface area contributed by atoms with E-state index in [0.29, 0.717) is 24.3 Å². The number of halogens is 13. The molecule has 0 radical (unpaired) electrons. The summed E-state index contributed by atoms with van der Waals surface area (Å²) in [6, 6.07) is 7.59. The van der Waals surface area contributed by atoms with Crippen molar-refractivity contribution < 1.29 is 81.3 Å². The van der Waals surface area contributed by atoms with E-state index in [4.69, 9.17) is 0 Å². The van der Waals surface area contributed by atoms with Gasteiger partial charge in [0.1, 0.15) is 23.2 Å². The number of carbonyl (C=O) groups is 3. The molecule has 58 heavy (non-hydrogen) atoms.